The molecule has 2 heterocycles. The van der Waals surface area contributed by atoms with E-state index >= 15 is 0 Å². The Morgan fingerprint density at radius 3 is 2.80 bits per heavy atom. The molecule has 0 atom stereocenters. The molecule has 0 aliphatic heterocycles. The first-order chi connectivity index (χ1) is 9.70. The number of phenolic OH excluding ortho intramolecular Hbond substituents is 1. The molecule has 0 fully saturated rings. The maximum absolute atomic E-state index is 12.1. The minimum Gasteiger partial charge on any atom is -0.507 e. The molecule has 0 aliphatic rings. The second-order valence-corrected chi connectivity index (χ2v) is 4.35. The number of phenols is 1. The molecular weight excluding hydrogens is 256 g/mol. The third-order valence-electron chi connectivity index (χ3n) is 3.13. The molecule has 2 aromatic heterocycles. The average molecular weight is 268 g/mol. The van der Waals surface area contributed by atoms with Crippen molar-refractivity contribution in [2.75, 3.05) is 0 Å². The van der Waals surface area contributed by atoms with Crippen molar-refractivity contribution in [2.45, 2.75) is 6.54 Å². The molecule has 0 saturated heterocycles. The SMILES string of the molecule is NCc1c(O)ccc2cc(-c3ccccn3)c(=O)oc12. The van der Waals surface area contributed by atoms with E-state index in [1.807, 2.05) is 0 Å². The van der Waals surface area contributed by atoms with Gasteiger partial charge < -0.3 is 15.3 Å². The normalized spacial score (nSPS) is 10.8. The fourth-order valence-electron chi connectivity index (χ4n) is 2.13. The molecule has 5 nitrogen and oxygen atoms in total. The van der Waals surface area contributed by atoms with Gasteiger partial charge in [-0.3, -0.25) is 4.98 Å². The number of rotatable bonds is 2. The molecule has 5 heteroatoms. The first-order valence-corrected chi connectivity index (χ1v) is 6.11. The summed E-state index contributed by atoms with van der Waals surface area (Å²) in [6.07, 6.45) is 1.61. The molecule has 0 amide bonds. The lowest BCUT2D eigenvalue weighted by Gasteiger charge is -2.07. The Hall–Kier alpha value is -2.66. The molecule has 1 aromatic carbocycles. The minimum atomic E-state index is -0.503. The number of aromatic nitrogens is 1. The lowest BCUT2D eigenvalue weighted by Crippen LogP contribution is -2.06. The third kappa shape index (κ3) is 1.94. The number of nitrogens with two attached hydrogens (primary N) is 1. The maximum Gasteiger partial charge on any atom is 0.345 e. The third-order valence-corrected chi connectivity index (χ3v) is 3.13. The van der Waals surface area contributed by atoms with E-state index in [9.17, 15) is 9.90 Å². The van der Waals surface area contributed by atoms with Crippen molar-refractivity contribution >= 4 is 11.0 Å². The molecule has 3 N–H and O–H groups in total. The van der Waals surface area contributed by atoms with Crippen LogP contribution in [-0.2, 0) is 6.54 Å². The summed E-state index contributed by atoms with van der Waals surface area (Å²) < 4.78 is 5.31. The molecule has 0 aliphatic carbocycles. The molecule has 0 saturated carbocycles. The van der Waals surface area contributed by atoms with Gasteiger partial charge in [0.15, 0.2) is 0 Å². The standard InChI is InChI=1S/C15H12N2O3/c16-8-11-13(18)5-4-9-7-10(15(19)20-14(9)11)12-3-1-2-6-17-12/h1-7,18H,8,16H2. The number of benzene rings is 1. The zero-order chi connectivity index (χ0) is 14.1. The van der Waals surface area contributed by atoms with Crippen molar-refractivity contribution in [1.82, 2.24) is 4.98 Å². The number of hydrogen-bond donors (Lipinski definition) is 2. The highest BCUT2D eigenvalue weighted by Gasteiger charge is 2.13. The summed E-state index contributed by atoms with van der Waals surface area (Å²) in [6.45, 7) is 0.0923. The van der Waals surface area contributed by atoms with Crippen molar-refractivity contribution in [2.24, 2.45) is 5.73 Å². The van der Waals surface area contributed by atoms with E-state index in [4.69, 9.17) is 10.2 Å². The molecular formula is C15H12N2O3. The van der Waals surface area contributed by atoms with E-state index in [1.54, 1.807) is 36.5 Å². The average Bonchev–Trinajstić information content (AvgIpc) is 2.47. The van der Waals surface area contributed by atoms with E-state index in [1.165, 1.54) is 6.07 Å². The maximum atomic E-state index is 12.1. The van der Waals surface area contributed by atoms with Gasteiger partial charge in [0.1, 0.15) is 11.3 Å². The first kappa shape index (κ1) is 12.4. The minimum absolute atomic E-state index is 0.0220. The van der Waals surface area contributed by atoms with Crippen LogP contribution in [0.15, 0.2) is 51.8 Å². The van der Waals surface area contributed by atoms with Gasteiger partial charge in [0.05, 0.1) is 16.8 Å². The van der Waals surface area contributed by atoms with E-state index in [2.05, 4.69) is 4.98 Å². The van der Waals surface area contributed by atoms with Gasteiger partial charge in [-0.25, -0.2) is 4.79 Å². The summed E-state index contributed by atoms with van der Waals surface area (Å²) in [6, 6.07) is 10.2. The van der Waals surface area contributed by atoms with Gasteiger partial charge in [-0.1, -0.05) is 6.07 Å². The predicted molar refractivity (Wildman–Crippen MR) is 75.3 cm³/mol. The highest BCUT2D eigenvalue weighted by Crippen LogP contribution is 2.27. The number of pyridine rings is 1. The number of nitrogens with zero attached hydrogens (tertiary/aromatic N) is 1. The number of hydrogen-bond acceptors (Lipinski definition) is 5. The van der Waals surface area contributed by atoms with Crippen molar-refractivity contribution in [3.63, 3.8) is 0 Å². The lowest BCUT2D eigenvalue weighted by molar-refractivity contribution is 0.465. The molecule has 0 unspecified atom stereocenters. The predicted octanol–water partition coefficient (Wildman–Crippen LogP) is 2.02. The van der Waals surface area contributed by atoms with Crippen LogP contribution in [-0.4, -0.2) is 10.1 Å². The van der Waals surface area contributed by atoms with Crippen LogP contribution in [0.25, 0.3) is 22.2 Å². The number of fused-ring (bicyclic) bond motifs is 1. The second-order valence-electron chi connectivity index (χ2n) is 4.35. The molecule has 20 heavy (non-hydrogen) atoms. The molecule has 3 aromatic rings. The molecule has 0 radical (unpaired) electrons. The Morgan fingerprint density at radius 2 is 2.10 bits per heavy atom. The number of aromatic hydroxyl groups is 1. The van der Waals surface area contributed by atoms with Crippen molar-refractivity contribution < 1.29 is 9.52 Å². The fourth-order valence-corrected chi connectivity index (χ4v) is 2.13. The summed E-state index contributed by atoms with van der Waals surface area (Å²) in [4.78, 5) is 16.2. The van der Waals surface area contributed by atoms with Gasteiger partial charge in [-0.05, 0) is 30.3 Å². The van der Waals surface area contributed by atoms with E-state index in [-0.39, 0.29) is 12.3 Å². The summed E-state index contributed by atoms with van der Waals surface area (Å²) in [7, 11) is 0. The largest absolute Gasteiger partial charge is 0.507 e. The molecule has 0 bridgehead atoms. The topological polar surface area (TPSA) is 89.4 Å². The van der Waals surface area contributed by atoms with Crippen LogP contribution in [0.4, 0.5) is 0 Å². The van der Waals surface area contributed by atoms with Gasteiger partial charge >= 0.3 is 5.63 Å². The summed E-state index contributed by atoms with van der Waals surface area (Å²) in [5.41, 5.74) is 6.75. The van der Waals surface area contributed by atoms with Gasteiger partial charge in [-0.2, -0.15) is 0 Å². The van der Waals surface area contributed by atoms with Gasteiger partial charge in [0.2, 0.25) is 0 Å². The smallest absolute Gasteiger partial charge is 0.345 e. The quantitative estimate of drug-likeness (QED) is 0.694. The van der Waals surface area contributed by atoms with Crippen LogP contribution in [0.5, 0.6) is 5.75 Å². The highest BCUT2D eigenvalue weighted by molar-refractivity contribution is 5.85. The van der Waals surface area contributed by atoms with Crippen molar-refractivity contribution in [1.29, 1.82) is 0 Å². The Balaban J connectivity index is 2.32. The van der Waals surface area contributed by atoms with Crippen LogP contribution in [0, 0.1) is 0 Å². The van der Waals surface area contributed by atoms with E-state index in [0.29, 0.717) is 27.8 Å². The Kier molecular flexibility index (Phi) is 2.96. The molecule has 3 rings (SSSR count). The first-order valence-electron chi connectivity index (χ1n) is 6.11. The monoisotopic (exact) mass is 268 g/mol. The van der Waals surface area contributed by atoms with E-state index < -0.39 is 5.63 Å². The zero-order valence-electron chi connectivity index (χ0n) is 10.5. The van der Waals surface area contributed by atoms with Crippen LogP contribution >= 0.6 is 0 Å². The Morgan fingerprint density at radius 1 is 1.25 bits per heavy atom. The Bertz CT molecular complexity index is 826. The van der Waals surface area contributed by atoms with E-state index in [0.717, 1.165) is 0 Å². The fraction of sp³-hybridized carbons (Fsp3) is 0.0667. The highest BCUT2D eigenvalue weighted by atomic mass is 16.4. The Labute approximate surface area is 114 Å². The van der Waals surface area contributed by atoms with Gasteiger partial charge in [0, 0.05) is 18.1 Å². The van der Waals surface area contributed by atoms with Gasteiger partial charge in [-0.15, -0.1) is 0 Å². The summed E-state index contributed by atoms with van der Waals surface area (Å²) in [5, 5.41) is 10.4. The van der Waals surface area contributed by atoms with Crippen LogP contribution in [0.1, 0.15) is 5.56 Å². The van der Waals surface area contributed by atoms with Crippen molar-refractivity contribution in [3.8, 4) is 17.0 Å². The summed E-state index contributed by atoms with van der Waals surface area (Å²) >= 11 is 0. The van der Waals surface area contributed by atoms with Crippen LogP contribution in [0.3, 0.4) is 0 Å². The second kappa shape index (κ2) is 4.79. The zero-order valence-corrected chi connectivity index (χ0v) is 10.5. The van der Waals surface area contributed by atoms with Crippen molar-refractivity contribution in [3.05, 3.63) is 58.6 Å². The molecule has 0 spiro atoms. The van der Waals surface area contributed by atoms with Crippen LogP contribution < -0.4 is 11.4 Å². The lowest BCUT2D eigenvalue weighted by atomic mass is 10.1. The summed E-state index contributed by atoms with van der Waals surface area (Å²) in [5.74, 6) is 0.0220. The van der Waals surface area contributed by atoms with Gasteiger partial charge in [0.25, 0.3) is 0 Å². The van der Waals surface area contributed by atoms with Crippen LogP contribution in [0.2, 0.25) is 0 Å². The molecule has 100 valence electrons.